The molecule has 0 amide bonds. The van der Waals surface area contributed by atoms with E-state index in [-0.39, 0.29) is 13.1 Å². The van der Waals surface area contributed by atoms with Crippen LogP contribution in [-0.4, -0.2) is 98.5 Å². The largest absolute Gasteiger partial charge is 0.480 e. The minimum atomic E-state index is -1.06. The molecule has 1 aromatic rings. The highest BCUT2D eigenvalue weighted by Gasteiger charge is 2.15. The molecule has 0 spiro atoms. The van der Waals surface area contributed by atoms with Crippen LogP contribution >= 0.6 is 11.8 Å². The van der Waals surface area contributed by atoms with Crippen LogP contribution in [0.2, 0.25) is 0 Å². The Morgan fingerprint density at radius 2 is 1.70 bits per heavy atom. The number of aliphatic carboxylic acids is 4. The van der Waals surface area contributed by atoms with Gasteiger partial charge in [-0.15, -0.1) is 0 Å². The first kappa shape index (κ1) is 29.5. The summed E-state index contributed by atoms with van der Waals surface area (Å²) in [4.78, 5) is 46.7. The summed E-state index contributed by atoms with van der Waals surface area (Å²) in [6.07, 6.45) is 6.05. The lowest BCUT2D eigenvalue weighted by atomic mass is 10.2. The van der Waals surface area contributed by atoms with E-state index in [0.717, 1.165) is 11.4 Å². The first-order chi connectivity index (χ1) is 14.0. The van der Waals surface area contributed by atoms with Crippen LogP contribution in [0.3, 0.4) is 0 Å². The van der Waals surface area contributed by atoms with E-state index in [4.69, 9.17) is 26.2 Å². The van der Waals surface area contributed by atoms with Gasteiger partial charge in [0.05, 0.1) is 19.4 Å². The Morgan fingerprint density at radius 3 is 2.03 bits per heavy atom. The van der Waals surface area contributed by atoms with E-state index in [9.17, 15) is 19.2 Å². The summed E-state index contributed by atoms with van der Waals surface area (Å²) in [5, 5.41) is 37.8. The number of hydrogen-bond acceptors (Lipinski definition) is 9. The topological polar surface area (TPSA) is 228 Å². The van der Waals surface area contributed by atoms with Gasteiger partial charge in [-0.3, -0.25) is 24.5 Å². The quantitative estimate of drug-likeness (QED) is 0.181. The molecule has 0 radical (unpaired) electrons. The van der Waals surface area contributed by atoms with E-state index in [0.29, 0.717) is 12.8 Å². The van der Waals surface area contributed by atoms with E-state index in [1.807, 2.05) is 6.26 Å². The van der Waals surface area contributed by atoms with Crippen LogP contribution in [0.4, 0.5) is 0 Å². The third-order valence-electron chi connectivity index (χ3n) is 3.13. The Hall–Kier alpha value is -2.68. The van der Waals surface area contributed by atoms with Crippen LogP contribution in [-0.2, 0) is 25.6 Å². The van der Waals surface area contributed by atoms with Crippen LogP contribution < -0.4 is 16.4 Å². The number of imidazole rings is 1. The summed E-state index contributed by atoms with van der Waals surface area (Å²) in [6.45, 7) is -0.626. The van der Waals surface area contributed by atoms with Crippen molar-refractivity contribution in [1.29, 1.82) is 0 Å². The van der Waals surface area contributed by atoms with Gasteiger partial charge in [0, 0.05) is 18.3 Å². The fourth-order valence-electron chi connectivity index (χ4n) is 1.57. The molecule has 2 atom stereocenters. The predicted octanol–water partition coefficient (Wildman–Crippen LogP) is -1.48. The molecule has 1 heterocycles. The molecule has 0 saturated heterocycles. The summed E-state index contributed by atoms with van der Waals surface area (Å²) >= 11 is 1.60. The summed E-state index contributed by atoms with van der Waals surface area (Å²) < 4.78 is 0. The maximum absolute atomic E-state index is 10.6. The van der Waals surface area contributed by atoms with Crippen LogP contribution in [0.5, 0.6) is 0 Å². The van der Waals surface area contributed by atoms with Gasteiger partial charge in [0.1, 0.15) is 12.1 Å². The number of aromatic amines is 1. The normalized spacial score (nSPS) is 11.7. The number of aromatic nitrogens is 2. The Balaban J connectivity index is 0. The van der Waals surface area contributed by atoms with E-state index >= 15 is 0 Å². The molecular weight excluding hydrogens is 422 g/mol. The molecule has 9 N–H and O–H groups in total. The second kappa shape index (κ2) is 18.4. The number of H-pyrrole nitrogens is 1. The summed E-state index contributed by atoms with van der Waals surface area (Å²) in [5.41, 5.74) is 6.01. The summed E-state index contributed by atoms with van der Waals surface area (Å²) in [6, 6.07) is -1.23. The molecule has 14 heteroatoms. The molecule has 0 aliphatic heterocycles. The molecule has 1 rings (SSSR count). The molecule has 30 heavy (non-hydrogen) atoms. The fourth-order valence-corrected chi connectivity index (χ4v) is 2.06. The summed E-state index contributed by atoms with van der Waals surface area (Å²) in [7, 11) is 1.62. The third-order valence-corrected chi connectivity index (χ3v) is 3.77. The smallest absolute Gasteiger partial charge is 0.321 e. The number of nitrogens with zero attached hydrogens (tertiary/aromatic N) is 1. The molecule has 1 aromatic heterocycles. The van der Waals surface area contributed by atoms with Gasteiger partial charge in [-0.05, 0) is 25.5 Å². The maximum atomic E-state index is 10.6. The number of carboxylic acid groups (broad SMARTS) is 4. The SMILES string of the molecule is CN[C@@H](Cc1cnc[nH]1)C(=O)O.CSCC[C@@H](N)C(=O)O.O=C(O)CNCC(=O)O. The summed E-state index contributed by atoms with van der Waals surface area (Å²) in [5.74, 6) is -3.07. The van der Waals surface area contributed by atoms with Crippen molar-refractivity contribution >= 4 is 35.6 Å². The Bertz CT molecular complexity index is 615. The molecule has 0 aromatic carbocycles. The number of hydrogen-bond donors (Lipinski definition) is 8. The number of nitrogens with two attached hydrogens (primary N) is 1. The number of carboxylic acids is 4. The van der Waals surface area contributed by atoms with Crippen molar-refractivity contribution < 1.29 is 39.6 Å². The molecule has 172 valence electrons. The molecule has 0 aliphatic rings. The average Bonchev–Trinajstić information content (AvgIpc) is 3.17. The van der Waals surface area contributed by atoms with E-state index in [1.165, 1.54) is 6.33 Å². The van der Waals surface area contributed by atoms with Gasteiger partial charge in [0.2, 0.25) is 0 Å². The second-order valence-corrected chi connectivity index (χ2v) is 6.56. The molecular formula is C16H29N5O8S. The zero-order valence-electron chi connectivity index (χ0n) is 16.7. The zero-order valence-corrected chi connectivity index (χ0v) is 17.5. The number of carbonyl (C=O) groups is 4. The Morgan fingerprint density at radius 1 is 1.13 bits per heavy atom. The van der Waals surface area contributed by atoms with Crippen molar-refractivity contribution in [3.8, 4) is 0 Å². The average molecular weight is 452 g/mol. The lowest BCUT2D eigenvalue weighted by Gasteiger charge is -2.08. The minimum absolute atomic E-state index is 0.313. The standard InChI is InChI=1S/C7H11N3O2.C5H11NO2S.C4H7NO4/c1-8-6(7(11)12)2-5-3-9-4-10-5;1-9-3-2-4(6)5(7)8;6-3(7)1-5-2-4(8)9/h3-4,6,8H,2H2,1H3,(H,9,10)(H,11,12);4H,2-3,6H2,1H3,(H,7,8);5H,1-2H2,(H,6,7)(H,8,9)/t6-;4-;/m01./s1. The monoisotopic (exact) mass is 451 g/mol. The van der Waals surface area contributed by atoms with E-state index in [1.54, 1.807) is 25.0 Å². The van der Waals surface area contributed by atoms with Crippen LogP contribution in [0.1, 0.15) is 12.1 Å². The van der Waals surface area contributed by atoms with Gasteiger partial charge in [-0.1, -0.05) is 0 Å². The van der Waals surface area contributed by atoms with E-state index in [2.05, 4.69) is 20.6 Å². The first-order valence-electron chi connectivity index (χ1n) is 8.54. The van der Waals surface area contributed by atoms with Gasteiger partial charge in [0.25, 0.3) is 0 Å². The third kappa shape index (κ3) is 18.7. The van der Waals surface area contributed by atoms with E-state index < -0.39 is 36.0 Å². The van der Waals surface area contributed by atoms with Gasteiger partial charge in [-0.2, -0.15) is 11.8 Å². The van der Waals surface area contributed by atoms with Crippen molar-refractivity contribution in [1.82, 2.24) is 20.6 Å². The van der Waals surface area contributed by atoms with Crippen LogP contribution in [0.25, 0.3) is 0 Å². The lowest BCUT2D eigenvalue weighted by Crippen LogP contribution is -2.35. The number of likely N-dealkylation sites (N-methyl/N-ethyl adjacent to an activating group) is 1. The maximum Gasteiger partial charge on any atom is 0.321 e. The zero-order chi connectivity index (χ0) is 23.5. The number of thioether (sulfide) groups is 1. The van der Waals surface area contributed by atoms with Gasteiger partial charge < -0.3 is 36.5 Å². The highest BCUT2D eigenvalue weighted by molar-refractivity contribution is 7.98. The molecule has 0 unspecified atom stereocenters. The lowest BCUT2D eigenvalue weighted by molar-refractivity contribution is -0.140. The van der Waals surface area contributed by atoms with Gasteiger partial charge in [0.15, 0.2) is 0 Å². The Labute approximate surface area is 177 Å². The van der Waals surface area contributed by atoms with Gasteiger partial charge >= 0.3 is 23.9 Å². The van der Waals surface area contributed by atoms with Crippen LogP contribution in [0, 0.1) is 0 Å². The fraction of sp³-hybridized carbons (Fsp3) is 0.562. The predicted molar refractivity (Wildman–Crippen MR) is 110 cm³/mol. The van der Waals surface area contributed by atoms with Crippen molar-refractivity contribution in [3.63, 3.8) is 0 Å². The van der Waals surface area contributed by atoms with Crippen molar-refractivity contribution in [3.05, 3.63) is 18.2 Å². The first-order valence-corrected chi connectivity index (χ1v) is 9.93. The molecule has 0 aliphatic carbocycles. The number of nitrogens with one attached hydrogen (secondary N) is 3. The Kier molecular flexibility index (Phi) is 18.1. The highest BCUT2D eigenvalue weighted by atomic mass is 32.2. The van der Waals surface area contributed by atoms with Crippen LogP contribution in [0.15, 0.2) is 12.5 Å². The van der Waals surface area contributed by atoms with Gasteiger partial charge in [-0.25, -0.2) is 4.98 Å². The molecule has 0 saturated carbocycles. The highest BCUT2D eigenvalue weighted by Crippen LogP contribution is 1.98. The molecule has 0 fully saturated rings. The second-order valence-electron chi connectivity index (χ2n) is 5.58. The van der Waals surface area contributed by atoms with Crippen molar-refractivity contribution in [2.75, 3.05) is 32.1 Å². The van der Waals surface area contributed by atoms with Crippen molar-refractivity contribution in [2.45, 2.75) is 24.9 Å². The van der Waals surface area contributed by atoms with Crippen molar-refractivity contribution in [2.24, 2.45) is 5.73 Å². The minimum Gasteiger partial charge on any atom is -0.480 e. The molecule has 13 nitrogen and oxygen atoms in total. The molecule has 0 bridgehead atoms. The number of rotatable bonds is 12.